The molecule has 1 aliphatic heterocycles. The fraction of sp³-hybridized carbons (Fsp3) is 0.800. The first kappa shape index (κ1) is 12.0. The van der Waals surface area contributed by atoms with Crippen molar-refractivity contribution < 1.29 is 14.7 Å². The molecule has 5 heteroatoms. The molecule has 0 saturated carbocycles. The minimum atomic E-state index is -0.853. The number of rotatable bonds is 2. The van der Waals surface area contributed by atoms with Gasteiger partial charge in [0.25, 0.3) is 0 Å². The van der Waals surface area contributed by atoms with Gasteiger partial charge in [0, 0.05) is 26.1 Å². The molecule has 1 saturated heterocycles. The van der Waals surface area contributed by atoms with Crippen molar-refractivity contribution in [3.63, 3.8) is 0 Å². The number of amides is 1. The van der Waals surface area contributed by atoms with Crippen LogP contribution in [0.25, 0.3) is 0 Å². The zero-order valence-electron chi connectivity index (χ0n) is 9.43. The number of hydrogen-bond acceptors (Lipinski definition) is 3. The molecule has 1 fully saturated rings. The first-order valence-electron chi connectivity index (χ1n) is 5.11. The quantitative estimate of drug-likeness (QED) is 0.703. The van der Waals surface area contributed by atoms with Crippen LogP contribution in [0.5, 0.6) is 0 Å². The molecule has 0 bridgehead atoms. The lowest BCUT2D eigenvalue weighted by atomic mass is 10.0. The zero-order chi connectivity index (χ0) is 11.6. The van der Waals surface area contributed by atoms with Gasteiger partial charge in [-0.1, -0.05) is 0 Å². The Kier molecular flexibility index (Phi) is 3.68. The standard InChI is InChI=1S/C10H18N2O3/c1-7-5-11(3)6-9(4-10(14)15)12(7)8(2)13/h7,9H,4-6H2,1-3H3,(H,14,15)/t7-,9-/m0/s1. The first-order chi connectivity index (χ1) is 6.91. The van der Waals surface area contributed by atoms with Gasteiger partial charge in [-0.2, -0.15) is 0 Å². The Morgan fingerprint density at radius 3 is 2.47 bits per heavy atom. The van der Waals surface area contributed by atoms with Crippen molar-refractivity contribution in [3.8, 4) is 0 Å². The van der Waals surface area contributed by atoms with Crippen LogP contribution in [0.1, 0.15) is 20.3 Å². The second kappa shape index (κ2) is 4.61. The Bertz CT molecular complexity index is 267. The minimum Gasteiger partial charge on any atom is -0.481 e. The number of carbonyl (C=O) groups excluding carboxylic acids is 1. The molecular weight excluding hydrogens is 196 g/mol. The van der Waals surface area contributed by atoms with Crippen LogP contribution < -0.4 is 0 Å². The van der Waals surface area contributed by atoms with Crippen LogP contribution >= 0.6 is 0 Å². The lowest BCUT2D eigenvalue weighted by Crippen LogP contribution is -2.58. The smallest absolute Gasteiger partial charge is 0.305 e. The van der Waals surface area contributed by atoms with Crippen LogP contribution in [-0.2, 0) is 9.59 Å². The highest BCUT2D eigenvalue weighted by molar-refractivity contribution is 5.75. The molecule has 0 aromatic carbocycles. The molecule has 0 aliphatic carbocycles. The van der Waals surface area contributed by atoms with E-state index >= 15 is 0 Å². The summed E-state index contributed by atoms with van der Waals surface area (Å²) in [5.41, 5.74) is 0. The maximum Gasteiger partial charge on any atom is 0.305 e. The van der Waals surface area contributed by atoms with Crippen molar-refractivity contribution in [2.45, 2.75) is 32.4 Å². The molecule has 0 unspecified atom stereocenters. The summed E-state index contributed by atoms with van der Waals surface area (Å²) in [6.07, 6.45) is 0.0221. The van der Waals surface area contributed by atoms with Gasteiger partial charge in [-0.25, -0.2) is 0 Å². The van der Waals surface area contributed by atoms with Crippen LogP contribution in [0, 0.1) is 0 Å². The molecule has 86 valence electrons. The third-order valence-corrected chi connectivity index (χ3v) is 2.74. The second-order valence-electron chi connectivity index (χ2n) is 4.25. The fourth-order valence-corrected chi connectivity index (χ4v) is 2.35. The minimum absolute atomic E-state index is 0.0221. The Labute approximate surface area is 89.7 Å². The maximum atomic E-state index is 11.4. The van der Waals surface area contributed by atoms with Crippen molar-refractivity contribution >= 4 is 11.9 Å². The third kappa shape index (κ3) is 2.92. The lowest BCUT2D eigenvalue weighted by molar-refractivity contribution is -0.143. The summed E-state index contributed by atoms with van der Waals surface area (Å²) in [6, 6.07) is -0.112. The van der Waals surface area contributed by atoms with E-state index in [1.54, 1.807) is 4.90 Å². The maximum absolute atomic E-state index is 11.4. The molecule has 0 aromatic heterocycles. The normalized spacial score (nSPS) is 27.8. The number of carboxylic acids is 1. The Morgan fingerprint density at radius 1 is 1.40 bits per heavy atom. The summed E-state index contributed by atoms with van der Waals surface area (Å²) in [4.78, 5) is 25.9. The molecule has 0 radical (unpaired) electrons. The molecule has 0 aromatic rings. The van der Waals surface area contributed by atoms with Crippen LogP contribution in [0.3, 0.4) is 0 Å². The van der Waals surface area contributed by atoms with Crippen LogP contribution in [0.4, 0.5) is 0 Å². The average Bonchev–Trinajstić information content (AvgIpc) is 1.99. The number of carboxylic acid groups (broad SMARTS) is 1. The predicted molar refractivity (Wildman–Crippen MR) is 55.5 cm³/mol. The van der Waals surface area contributed by atoms with E-state index in [4.69, 9.17) is 5.11 Å². The Balaban J connectivity index is 2.77. The van der Waals surface area contributed by atoms with E-state index in [2.05, 4.69) is 4.90 Å². The lowest BCUT2D eigenvalue weighted by Gasteiger charge is -2.43. The average molecular weight is 214 g/mol. The highest BCUT2D eigenvalue weighted by Gasteiger charge is 2.33. The van der Waals surface area contributed by atoms with Crippen molar-refractivity contribution in [2.24, 2.45) is 0 Å². The SMILES string of the molecule is CC(=O)N1[C@@H](CC(=O)O)CN(C)C[C@@H]1C. The number of carbonyl (C=O) groups is 2. The Hall–Kier alpha value is -1.10. The van der Waals surface area contributed by atoms with Gasteiger partial charge < -0.3 is 14.9 Å². The molecule has 1 rings (SSSR count). The molecule has 0 spiro atoms. The molecular formula is C10H18N2O3. The van der Waals surface area contributed by atoms with E-state index in [1.807, 2.05) is 14.0 Å². The molecule has 1 aliphatic rings. The number of likely N-dealkylation sites (N-methyl/N-ethyl adjacent to an activating group) is 1. The van der Waals surface area contributed by atoms with Gasteiger partial charge in [-0.15, -0.1) is 0 Å². The topological polar surface area (TPSA) is 60.9 Å². The molecule has 5 nitrogen and oxygen atoms in total. The summed E-state index contributed by atoms with van der Waals surface area (Å²) in [5.74, 6) is -0.893. The van der Waals surface area contributed by atoms with Gasteiger partial charge in [0.05, 0.1) is 12.5 Å². The van der Waals surface area contributed by atoms with Crippen molar-refractivity contribution in [3.05, 3.63) is 0 Å². The van der Waals surface area contributed by atoms with E-state index in [0.717, 1.165) is 6.54 Å². The van der Waals surface area contributed by atoms with Crippen molar-refractivity contribution in [1.29, 1.82) is 0 Å². The molecule has 1 heterocycles. The number of hydrogen-bond donors (Lipinski definition) is 1. The van der Waals surface area contributed by atoms with Crippen LogP contribution in [-0.4, -0.2) is 59.0 Å². The molecule has 2 atom stereocenters. The van der Waals surface area contributed by atoms with Gasteiger partial charge >= 0.3 is 5.97 Å². The fourth-order valence-electron chi connectivity index (χ4n) is 2.35. The monoisotopic (exact) mass is 214 g/mol. The third-order valence-electron chi connectivity index (χ3n) is 2.74. The molecule has 1 amide bonds. The molecule has 1 N–H and O–H groups in total. The van der Waals surface area contributed by atoms with E-state index in [9.17, 15) is 9.59 Å². The number of nitrogens with zero attached hydrogens (tertiary/aromatic N) is 2. The number of piperazine rings is 1. The zero-order valence-corrected chi connectivity index (χ0v) is 9.43. The largest absolute Gasteiger partial charge is 0.481 e. The summed E-state index contributed by atoms with van der Waals surface area (Å²) in [5, 5.41) is 8.78. The number of aliphatic carboxylic acids is 1. The highest BCUT2D eigenvalue weighted by atomic mass is 16.4. The summed E-state index contributed by atoms with van der Waals surface area (Å²) >= 11 is 0. The van der Waals surface area contributed by atoms with E-state index in [0.29, 0.717) is 6.54 Å². The summed E-state index contributed by atoms with van der Waals surface area (Å²) in [6.45, 7) is 4.88. The van der Waals surface area contributed by atoms with Crippen LogP contribution in [0.2, 0.25) is 0 Å². The highest BCUT2D eigenvalue weighted by Crippen LogP contribution is 2.17. The van der Waals surface area contributed by atoms with Crippen LogP contribution in [0.15, 0.2) is 0 Å². The Morgan fingerprint density at radius 2 is 2.00 bits per heavy atom. The van der Waals surface area contributed by atoms with Gasteiger partial charge in [0.15, 0.2) is 0 Å². The van der Waals surface area contributed by atoms with Crippen molar-refractivity contribution in [1.82, 2.24) is 9.80 Å². The van der Waals surface area contributed by atoms with Gasteiger partial charge in [0.1, 0.15) is 0 Å². The van der Waals surface area contributed by atoms with Gasteiger partial charge in [-0.3, -0.25) is 9.59 Å². The predicted octanol–water partition coefficient (Wildman–Crippen LogP) is 0.0121. The summed E-state index contributed by atoms with van der Waals surface area (Å²) < 4.78 is 0. The second-order valence-corrected chi connectivity index (χ2v) is 4.25. The van der Waals surface area contributed by atoms with Crippen molar-refractivity contribution in [2.75, 3.05) is 20.1 Å². The summed E-state index contributed by atoms with van der Waals surface area (Å²) in [7, 11) is 1.95. The first-order valence-corrected chi connectivity index (χ1v) is 5.11. The van der Waals surface area contributed by atoms with Gasteiger partial charge in [-0.05, 0) is 14.0 Å². The van der Waals surface area contributed by atoms with E-state index in [1.165, 1.54) is 6.92 Å². The van der Waals surface area contributed by atoms with E-state index < -0.39 is 5.97 Å². The molecule has 15 heavy (non-hydrogen) atoms. The van der Waals surface area contributed by atoms with E-state index in [-0.39, 0.29) is 24.4 Å². The van der Waals surface area contributed by atoms with Gasteiger partial charge in [0.2, 0.25) is 5.91 Å².